The van der Waals surface area contributed by atoms with Gasteiger partial charge in [0.1, 0.15) is 11.3 Å². The van der Waals surface area contributed by atoms with Crippen LogP contribution in [0.2, 0.25) is 0 Å². The number of likely N-dealkylation sites (N-methyl/N-ethyl adjacent to an activating group) is 1. The minimum atomic E-state index is -1.32. The number of carboxylic acids is 1. The highest BCUT2D eigenvalue weighted by atomic mass is 19.1. The van der Waals surface area contributed by atoms with Crippen LogP contribution in [0.3, 0.4) is 0 Å². The van der Waals surface area contributed by atoms with Gasteiger partial charge in [0.15, 0.2) is 11.6 Å². The molecular weight excluding hydrogens is 381 g/mol. The standard InChI is InChI=1S/C20H24FN3O5/c1-22-8-12-9-23(5-6-29-12)17-15(21)7-13-16(19(17)28-2)24(11-3-4-11)10-14(18(13)25)20(26)27/h7,10-12,22H,3-6,8-9H2,1-2H3,(H,26,27). The Hall–Kier alpha value is -2.65. The number of halogens is 1. The first-order valence-corrected chi connectivity index (χ1v) is 9.66. The molecule has 4 rings (SSSR count). The van der Waals surface area contributed by atoms with Crippen LogP contribution in [-0.2, 0) is 4.74 Å². The third-order valence-corrected chi connectivity index (χ3v) is 5.46. The summed E-state index contributed by atoms with van der Waals surface area (Å²) in [6, 6.07) is 1.22. The summed E-state index contributed by atoms with van der Waals surface area (Å²) in [6.07, 6.45) is 3.00. The Kier molecular flexibility index (Phi) is 5.18. The maximum absolute atomic E-state index is 15.3. The molecule has 1 aliphatic heterocycles. The average Bonchev–Trinajstić information content (AvgIpc) is 3.53. The number of benzene rings is 1. The molecule has 2 aliphatic rings. The molecule has 29 heavy (non-hydrogen) atoms. The van der Waals surface area contributed by atoms with Crippen LogP contribution in [0.4, 0.5) is 10.1 Å². The van der Waals surface area contributed by atoms with E-state index in [0.29, 0.717) is 31.8 Å². The fourth-order valence-corrected chi connectivity index (χ4v) is 4.00. The van der Waals surface area contributed by atoms with Crippen LogP contribution in [0, 0.1) is 5.82 Å². The lowest BCUT2D eigenvalue weighted by Gasteiger charge is -2.35. The Balaban J connectivity index is 1.94. The van der Waals surface area contributed by atoms with E-state index in [0.717, 1.165) is 18.9 Å². The zero-order chi connectivity index (χ0) is 20.7. The summed E-state index contributed by atoms with van der Waals surface area (Å²) in [5, 5.41) is 12.5. The molecular formula is C20H24FN3O5. The van der Waals surface area contributed by atoms with Crippen molar-refractivity contribution in [2.45, 2.75) is 25.0 Å². The Labute approximate surface area is 166 Å². The van der Waals surface area contributed by atoms with Gasteiger partial charge in [-0.2, -0.15) is 0 Å². The van der Waals surface area contributed by atoms with Crippen molar-refractivity contribution >= 4 is 22.6 Å². The molecule has 0 bridgehead atoms. The molecule has 2 N–H and O–H groups in total. The highest BCUT2D eigenvalue weighted by Crippen LogP contribution is 2.43. The first-order chi connectivity index (χ1) is 14.0. The second-order valence-electron chi connectivity index (χ2n) is 7.45. The Morgan fingerprint density at radius 2 is 2.21 bits per heavy atom. The van der Waals surface area contributed by atoms with E-state index in [1.54, 1.807) is 4.57 Å². The van der Waals surface area contributed by atoms with Crippen molar-refractivity contribution in [1.82, 2.24) is 9.88 Å². The number of ether oxygens (including phenoxy) is 2. The van der Waals surface area contributed by atoms with Gasteiger partial charge in [-0.1, -0.05) is 0 Å². The van der Waals surface area contributed by atoms with Crippen molar-refractivity contribution in [2.24, 2.45) is 0 Å². The maximum Gasteiger partial charge on any atom is 0.341 e. The summed E-state index contributed by atoms with van der Waals surface area (Å²) < 4.78 is 28.3. The number of methoxy groups -OCH3 is 1. The van der Waals surface area contributed by atoms with E-state index in [1.807, 2.05) is 11.9 Å². The molecule has 8 nitrogen and oxygen atoms in total. The summed E-state index contributed by atoms with van der Waals surface area (Å²) in [7, 11) is 3.27. The van der Waals surface area contributed by atoms with Gasteiger partial charge in [0.2, 0.25) is 5.43 Å². The fraction of sp³-hybridized carbons (Fsp3) is 0.500. The van der Waals surface area contributed by atoms with E-state index in [2.05, 4.69) is 5.32 Å². The zero-order valence-electron chi connectivity index (χ0n) is 16.4. The molecule has 1 aliphatic carbocycles. The minimum Gasteiger partial charge on any atom is -0.492 e. The normalized spacial score (nSPS) is 19.6. The van der Waals surface area contributed by atoms with Crippen LogP contribution in [-0.4, -0.2) is 62.1 Å². The second kappa shape index (κ2) is 7.64. The molecule has 9 heteroatoms. The minimum absolute atomic E-state index is 0.0231. The molecule has 2 fully saturated rings. The molecule has 2 aromatic rings. The molecule has 1 aromatic carbocycles. The Bertz CT molecular complexity index is 1020. The zero-order valence-corrected chi connectivity index (χ0v) is 16.4. The summed E-state index contributed by atoms with van der Waals surface area (Å²) >= 11 is 0. The van der Waals surface area contributed by atoms with Crippen LogP contribution in [0.1, 0.15) is 29.2 Å². The highest BCUT2D eigenvalue weighted by Gasteiger charge is 2.32. The van der Waals surface area contributed by atoms with E-state index < -0.39 is 17.2 Å². The molecule has 1 saturated heterocycles. The number of fused-ring (bicyclic) bond motifs is 1. The topological polar surface area (TPSA) is 93.0 Å². The van der Waals surface area contributed by atoms with Gasteiger partial charge in [0.25, 0.3) is 0 Å². The van der Waals surface area contributed by atoms with E-state index >= 15 is 4.39 Å². The van der Waals surface area contributed by atoms with Gasteiger partial charge in [-0.05, 0) is 26.0 Å². The van der Waals surface area contributed by atoms with Crippen molar-refractivity contribution < 1.29 is 23.8 Å². The van der Waals surface area contributed by atoms with Gasteiger partial charge in [-0.3, -0.25) is 4.79 Å². The Morgan fingerprint density at radius 3 is 2.83 bits per heavy atom. The number of hydrogen-bond acceptors (Lipinski definition) is 6. The van der Waals surface area contributed by atoms with Crippen molar-refractivity contribution in [3.63, 3.8) is 0 Å². The van der Waals surface area contributed by atoms with E-state index in [1.165, 1.54) is 13.3 Å². The first-order valence-electron chi connectivity index (χ1n) is 9.66. The number of carbonyl (C=O) groups is 1. The lowest BCUT2D eigenvalue weighted by molar-refractivity contribution is 0.0418. The molecule has 1 atom stereocenters. The highest BCUT2D eigenvalue weighted by molar-refractivity contribution is 5.97. The van der Waals surface area contributed by atoms with E-state index in [4.69, 9.17) is 9.47 Å². The van der Waals surface area contributed by atoms with Gasteiger partial charge in [-0.15, -0.1) is 0 Å². The third kappa shape index (κ3) is 3.44. The van der Waals surface area contributed by atoms with Crippen molar-refractivity contribution in [1.29, 1.82) is 0 Å². The smallest absolute Gasteiger partial charge is 0.341 e. The van der Waals surface area contributed by atoms with Gasteiger partial charge in [0.05, 0.1) is 30.7 Å². The van der Waals surface area contributed by atoms with Crippen molar-refractivity contribution in [2.75, 3.05) is 45.3 Å². The quantitative estimate of drug-likeness (QED) is 0.754. The largest absolute Gasteiger partial charge is 0.492 e. The molecule has 0 amide bonds. The Morgan fingerprint density at radius 1 is 1.45 bits per heavy atom. The van der Waals surface area contributed by atoms with Gasteiger partial charge >= 0.3 is 5.97 Å². The molecule has 0 spiro atoms. The maximum atomic E-state index is 15.3. The molecule has 1 saturated carbocycles. The van der Waals surface area contributed by atoms with Gasteiger partial charge < -0.3 is 29.4 Å². The van der Waals surface area contributed by atoms with Gasteiger partial charge in [0, 0.05) is 31.9 Å². The average molecular weight is 405 g/mol. The number of aromatic carboxylic acids is 1. The van der Waals surface area contributed by atoms with Crippen LogP contribution >= 0.6 is 0 Å². The fourth-order valence-electron chi connectivity index (χ4n) is 4.00. The van der Waals surface area contributed by atoms with Gasteiger partial charge in [-0.25, -0.2) is 9.18 Å². The summed E-state index contributed by atoms with van der Waals surface area (Å²) in [6.45, 7) is 2.03. The number of pyridine rings is 1. The summed E-state index contributed by atoms with van der Waals surface area (Å²) in [5.74, 6) is -1.68. The van der Waals surface area contributed by atoms with Crippen LogP contribution < -0.4 is 20.4 Å². The lowest BCUT2D eigenvalue weighted by atomic mass is 10.1. The first kappa shape index (κ1) is 19.7. The predicted octanol–water partition coefficient (Wildman–Crippen LogP) is 1.61. The SMILES string of the molecule is CNCC1CN(c2c(F)cc3c(=O)c(C(=O)O)cn(C4CC4)c3c2OC)CCO1. The van der Waals surface area contributed by atoms with Crippen LogP contribution in [0.5, 0.6) is 5.75 Å². The monoisotopic (exact) mass is 405 g/mol. The van der Waals surface area contributed by atoms with E-state index in [9.17, 15) is 14.7 Å². The number of anilines is 1. The van der Waals surface area contributed by atoms with Crippen LogP contribution in [0.25, 0.3) is 10.9 Å². The van der Waals surface area contributed by atoms with Crippen molar-refractivity contribution in [3.05, 3.63) is 33.9 Å². The number of hydrogen-bond donors (Lipinski definition) is 2. The number of nitrogens with zero attached hydrogens (tertiary/aromatic N) is 2. The van der Waals surface area contributed by atoms with E-state index in [-0.39, 0.29) is 34.5 Å². The second-order valence-corrected chi connectivity index (χ2v) is 7.45. The van der Waals surface area contributed by atoms with Crippen LogP contribution in [0.15, 0.2) is 17.1 Å². The number of rotatable bonds is 6. The molecule has 156 valence electrons. The summed E-state index contributed by atoms with van der Waals surface area (Å²) in [4.78, 5) is 26.2. The molecule has 2 heterocycles. The van der Waals surface area contributed by atoms with Crippen molar-refractivity contribution in [3.8, 4) is 5.75 Å². The number of carboxylic acid groups (broad SMARTS) is 1. The predicted molar refractivity (Wildman–Crippen MR) is 106 cm³/mol. The third-order valence-electron chi connectivity index (χ3n) is 5.46. The number of nitrogens with one attached hydrogen (secondary N) is 1. The number of aromatic nitrogens is 1. The molecule has 1 unspecified atom stereocenters. The lowest BCUT2D eigenvalue weighted by Crippen LogP contribution is -2.46. The summed E-state index contributed by atoms with van der Waals surface area (Å²) in [5.41, 5.74) is -0.346. The number of morpholine rings is 1. The molecule has 0 radical (unpaired) electrons. The molecule has 1 aromatic heterocycles.